The Kier molecular flexibility index (Phi) is 7.69. The Balaban J connectivity index is 2.31. The predicted octanol–water partition coefficient (Wildman–Crippen LogP) is 0.733. The lowest BCUT2D eigenvalue weighted by Gasteiger charge is -2.28. The number of hydroxylamine groups is 3. The molecule has 2 amide bonds. The molecule has 2 rings (SSSR count). The van der Waals surface area contributed by atoms with Crippen LogP contribution in [-0.4, -0.2) is 66.5 Å². The molecule has 0 aliphatic carbocycles. The summed E-state index contributed by atoms with van der Waals surface area (Å²) < 4.78 is 21.3. The lowest BCUT2D eigenvalue weighted by molar-refractivity contribution is -0.992. The Morgan fingerprint density at radius 1 is 1.10 bits per heavy atom. The normalized spacial score (nSPS) is 26.3. The first-order chi connectivity index (χ1) is 13.5. The molecule has 1 aliphatic rings. The summed E-state index contributed by atoms with van der Waals surface area (Å²) in [6.07, 6.45) is 1.62. The molecule has 9 heteroatoms. The summed E-state index contributed by atoms with van der Waals surface area (Å²) in [5.74, 6) is -3.16. The summed E-state index contributed by atoms with van der Waals surface area (Å²) in [5, 5.41) is 23.8. The van der Waals surface area contributed by atoms with E-state index >= 15 is 0 Å². The van der Waals surface area contributed by atoms with Crippen molar-refractivity contribution in [1.82, 2.24) is 5.32 Å². The molecule has 0 bridgehead atoms. The number of quaternary nitrogens is 1. The molecule has 1 unspecified atom stereocenters. The fourth-order valence-corrected chi connectivity index (χ4v) is 4.41. The summed E-state index contributed by atoms with van der Waals surface area (Å²) in [6, 6.07) is 8.02. The predicted molar refractivity (Wildman–Crippen MR) is 107 cm³/mol. The van der Waals surface area contributed by atoms with Crippen LogP contribution in [0.2, 0.25) is 0 Å². The molecule has 1 fully saturated rings. The van der Waals surface area contributed by atoms with Crippen LogP contribution < -0.4 is 5.32 Å². The topological polar surface area (TPSA) is 121 Å². The van der Waals surface area contributed by atoms with Gasteiger partial charge in [-0.15, -0.1) is 0 Å². The molecule has 0 aromatic heterocycles. The molecule has 1 aromatic rings. The maximum absolute atomic E-state index is 13.2. The van der Waals surface area contributed by atoms with Crippen molar-refractivity contribution in [2.45, 2.75) is 32.7 Å². The zero-order valence-electron chi connectivity index (χ0n) is 17.1. The minimum absolute atomic E-state index is 0.0287. The number of amides is 2. The van der Waals surface area contributed by atoms with Gasteiger partial charge in [0.15, 0.2) is 15.9 Å². The number of rotatable bonds is 10. The number of nitrogens with one attached hydrogen (secondary N) is 1. The van der Waals surface area contributed by atoms with E-state index in [-0.39, 0.29) is 24.8 Å². The maximum atomic E-state index is 13.2. The van der Waals surface area contributed by atoms with Gasteiger partial charge in [-0.25, -0.2) is 23.2 Å². The average Bonchev–Trinajstić information content (AvgIpc) is 2.82. The largest absolute Gasteiger partial charge is 0.390 e. The fraction of sp³-hybridized carbons (Fsp3) is 0.600. The second kappa shape index (κ2) is 9.44. The molecule has 162 valence electrons. The van der Waals surface area contributed by atoms with Crippen molar-refractivity contribution < 1.29 is 33.0 Å². The highest BCUT2D eigenvalue weighted by molar-refractivity contribution is 7.90. The van der Waals surface area contributed by atoms with Crippen molar-refractivity contribution in [3.63, 3.8) is 0 Å². The van der Waals surface area contributed by atoms with Crippen molar-refractivity contribution in [3.8, 4) is 0 Å². The number of nitrogens with zero attached hydrogens (tertiary/aromatic N) is 1. The first-order valence-corrected chi connectivity index (χ1v) is 11.8. The van der Waals surface area contributed by atoms with E-state index in [1.54, 1.807) is 24.3 Å². The first-order valence-electron chi connectivity index (χ1n) is 9.74. The SMILES string of the molecule is CC(C)C[C@H]1C(=O)[N+](O)([C@H](CO)Cc2ccccc2)C(=O)[C@H]1CNCS(C)(=O)=O. The number of imide groups is 1. The van der Waals surface area contributed by atoms with Gasteiger partial charge in [-0.2, -0.15) is 0 Å². The molecular weight excluding hydrogens is 396 g/mol. The second-order valence-electron chi connectivity index (χ2n) is 8.25. The van der Waals surface area contributed by atoms with Crippen molar-refractivity contribution in [2.24, 2.45) is 17.8 Å². The lowest BCUT2D eigenvalue weighted by Crippen LogP contribution is -2.60. The van der Waals surface area contributed by atoms with E-state index in [4.69, 9.17) is 0 Å². The highest BCUT2D eigenvalue weighted by Crippen LogP contribution is 2.37. The third-order valence-electron chi connectivity index (χ3n) is 5.30. The van der Waals surface area contributed by atoms with Crippen LogP contribution in [0.4, 0.5) is 0 Å². The fourth-order valence-electron chi connectivity index (χ4n) is 3.92. The summed E-state index contributed by atoms with van der Waals surface area (Å²) in [6.45, 7) is 3.26. The number of sulfone groups is 1. The van der Waals surface area contributed by atoms with E-state index in [1.807, 2.05) is 19.9 Å². The van der Waals surface area contributed by atoms with Crippen molar-refractivity contribution >= 4 is 21.7 Å². The lowest BCUT2D eigenvalue weighted by atomic mass is 9.87. The van der Waals surface area contributed by atoms with Crippen LogP contribution >= 0.6 is 0 Å². The monoisotopic (exact) mass is 427 g/mol. The Morgan fingerprint density at radius 2 is 1.69 bits per heavy atom. The van der Waals surface area contributed by atoms with Crippen LogP contribution in [0, 0.1) is 17.8 Å². The molecule has 0 spiro atoms. The highest BCUT2D eigenvalue weighted by Gasteiger charge is 2.65. The number of benzene rings is 1. The summed E-state index contributed by atoms with van der Waals surface area (Å²) >= 11 is 0. The van der Waals surface area contributed by atoms with Gasteiger partial charge in [-0.3, -0.25) is 0 Å². The van der Waals surface area contributed by atoms with Gasteiger partial charge in [-0.1, -0.05) is 48.8 Å². The number of hydrogen-bond donors (Lipinski definition) is 3. The molecule has 3 N–H and O–H groups in total. The zero-order valence-corrected chi connectivity index (χ0v) is 17.9. The minimum Gasteiger partial charge on any atom is -0.390 e. The molecule has 29 heavy (non-hydrogen) atoms. The number of aliphatic hydroxyl groups is 1. The molecule has 1 heterocycles. The number of carbonyl (C=O) groups excluding carboxylic acids is 2. The number of aliphatic hydroxyl groups excluding tert-OH is 1. The van der Waals surface area contributed by atoms with Gasteiger partial charge in [0.05, 0.1) is 18.4 Å². The molecule has 4 atom stereocenters. The Morgan fingerprint density at radius 3 is 2.21 bits per heavy atom. The molecule has 8 nitrogen and oxygen atoms in total. The van der Waals surface area contributed by atoms with E-state index in [2.05, 4.69) is 5.32 Å². The number of carbonyl (C=O) groups is 2. The van der Waals surface area contributed by atoms with E-state index in [0.717, 1.165) is 11.8 Å². The quantitative estimate of drug-likeness (QED) is 0.286. The minimum atomic E-state index is -3.29. The van der Waals surface area contributed by atoms with Crippen LogP contribution in [0.15, 0.2) is 30.3 Å². The van der Waals surface area contributed by atoms with Gasteiger partial charge < -0.3 is 10.4 Å². The maximum Gasteiger partial charge on any atom is 0.358 e. The molecule has 1 saturated heterocycles. The van der Waals surface area contributed by atoms with Gasteiger partial charge in [-0.05, 0) is 17.9 Å². The summed E-state index contributed by atoms with van der Waals surface area (Å²) in [7, 11) is -3.29. The van der Waals surface area contributed by atoms with E-state index in [1.165, 1.54) is 0 Å². The Hall–Kier alpha value is -1.65. The summed E-state index contributed by atoms with van der Waals surface area (Å²) in [4.78, 5) is 26.4. The van der Waals surface area contributed by atoms with Gasteiger partial charge in [0.25, 0.3) is 0 Å². The summed E-state index contributed by atoms with van der Waals surface area (Å²) in [5.41, 5.74) is 0.790. The van der Waals surface area contributed by atoms with Gasteiger partial charge in [0.1, 0.15) is 5.92 Å². The van der Waals surface area contributed by atoms with Crippen LogP contribution in [0.25, 0.3) is 0 Å². The van der Waals surface area contributed by atoms with E-state index < -0.39 is 50.8 Å². The van der Waals surface area contributed by atoms with Gasteiger partial charge in [0.2, 0.25) is 0 Å². The van der Waals surface area contributed by atoms with Gasteiger partial charge >= 0.3 is 11.8 Å². The van der Waals surface area contributed by atoms with Crippen LogP contribution in [0.5, 0.6) is 0 Å². The van der Waals surface area contributed by atoms with E-state index in [0.29, 0.717) is 6.42 Å². The molecule has 0 radical (unpaired) electrons. The average molecular weight is 428 g/mol. The van der Waals surface area contributed by atoms with Crippen LogP contribution in [0.1, 0.15) is 25.8 Å². The standard InChI is InChI=1S/C20H31N2O6S/c1-14(2)9-17-18(11-21-13-29(3,27)28)20(25)22(26,19(17)24)16(12-23)10-15-7-5-4-6-8-15/h4-8,14,16-18,21,23,26H,9-13H2,1-3H3/q+1/t16-,17+,18-,22?/m0/s1. The van der Waals surface area contributed by atoms with Crippen molar-refractivity contribution in [2.75, 3.05) is 25.3 Å². The molecule has 1 aromatic carbocycles. The van der Waals surface area contributed by atoms with Crippen LogP contribution in [0.3, 0.4) is 0 Å². The van der Waals surface area contributed by atoms with Crippen molar-refractivity contribution in [1.29, 1.82) is 0 Å². The molecular formula is C20H31N2O6S+. The Bertz CT molecular complexity index is 827. The first kappa shape index (κ1) is 23.6. The Labute approximate surface area is 172 Å². The van der Waals surface area contributed by atoms with E-state index in [9.17, 15) is 28.3 Å². The smallest absolute Gasteiger partial charge is 0.358 e. The van der Waals surface area contributed by atoms with Gasteiger partial charge in [0, 0.05) is 19.2 Å². The number of likely N-dealkylation sites (tertiary alicyclic amines) is 1. The number of hydrogen-bond acceptors (Lipinski definition) is 7. The van der Waals surface area contributed by atoms with Crippen molar-refractivity contribution in [3.05, 3.63) is 35.9 Å². The molecule has 1 aliphatic heterocycles. The highest BCUT2D eigenvalue weighted by atomic mass is 32.2. The third-order valence-corrected chi connectivity index (χ3v) is 6.03. The van der Waals surface area contributed by atoms with Crippen LogP contribution in [-0.2, 0) is 25.8 Å². The molecule has 0 saturated carbocycles. The second-order valence-corrected chi connectivity index (χ2v) is 10.4. The zero-order chi connectivity index (χ0) is 21.8. The third kappa shape index (κ3) is 5.49.